The number of hydrogen-bond acceptors (Lipinski definition) is 5. The molecule has 1 fully saturated rings. The summed E-state index contributed by atoms with van der Waals surface area (Å²) in [5.41, 5.74) is -2.87. The maximum absolute atomic E-state index is 14.2. The zero-order valence-electron chi connectivity index (χ0n) is 19.5. The molecule has 0 radical (unpaired) electrons. The topological polar surface area (TPSA) is 67.4 Å². The van der Waals surface area contributed by atoms with Crippen molar-refractivity contribution in [2.45, 2.75) is 69.0 Å². The SMILES string of the molecule is Cc1ncncc1C(C)(C(=O)NC1CCC(F)(F)CC1)N(C[C@H](F)Cl)c1ccc(OC(F)(F)F)cc1. The highest BCUT2D eigenvalue weighted by atomic mass is 35.5. The van der Waals surface area contributed by atoms with Crippen LogP contribution in [0.15, 0.2) is 36.8 Å². The number of benzene rings is 1. The lowest BCUT2D eigenvalue weighted by molar-refractivity contribution is -0.274. The van der Waals surface area contributed by atoms with Crippen molar-refractivity contribution in [2.75, 3.05) is 11.4 Å². The molecular formula is C23H25ClF6N4O2. The summed E-state index contributed by atoms with van der Waals surface area (Å²) in [5.74, 6) is -3.97. The summed E-state index contributed by atoms with van der Waals surface area (Å²) < 4.78 is 83.1. The maximum atomic E-state index is 14.2. The minimum absolute atomic E-state index is 0.0454. The van der Waals surface area contributed by atoms with E-state index in [1.165, 1.54) is 36.5 Å². The molecule has 1 aliphatic carbocycles. The van der Waals surface area contributed by atoms with Crippen molar-refractivity contribution in [3.8, 4) is 5.75 Å². The molecule has 1 heterocycles. The van der Waals surface area contributed by atoms with Gasteiger partial charge >= 0.3 is 6.36 Å². The fourth-order valence-corrected chi connectivity index (χ4v) is 4.42. The summed E-state index contributed by atoms with van der Waals surface area (Å²) in [5, 5.41) is 2.78. The zero-order valence-corrected chi connectivity index (χ0v) is 20.2. The molecule has 1 aromatic carbocycles. The van der Waals surface area contributed by atoms with Crippen molar-refractivity contribution in [1.29, 1.82) is 0 Å². The Kier molecular flexibility index (Phi) is 8.27. The molecule has 1 N–H and O–H groups in total. The van der Waals surface area contributed by atoms with E-state index in [1.54, 1.807) is 6.92 Å². The van der Waals surface area contributed by atoms with Crippen LogP contribution in [0, 0.1) is 6.92 Å². The average molecular weight is 539 g/mol. The van der Waals surface area contributed by atoms with Gasteiger partial charge in [0.2, 0.25) is 5.92 Å². The molecular weight excluding hydrogens is 514 g/mol. The number of halogens is 7. The van der Waals surface area contributed by atoms with Crippen molar-refractivity contribution in [2.24, 2.45) is 0 Å². The van der Waals surface area contributed by atoms with E-state index < -0.39 is 47.7 Å². The van der Waals surface area contributed by atoms with Crippen molar-refractivity contribution in [1.82, 2.24) is 15.3 Å². The third-order valence-corrected chi connectivity index (χ3v) is 6.31. The van der Waals surface area contributed by atoms with Crippen LogP contribution in [0.1, 0.15) is 43.9 Å². The van der Waals surface area contributed by atoms with Crippen molar-refractivity contribution < 1.29 is 35.9 Å². The number of aromatic nitrogens is 2. The van der Waals surface area contributed by atoms with Crippen LogP contribution in [0.25, 0.3) is 0 Å². The fraction of sp³-hybridized carbons (Fsp3) is 0.522. The van der Waals surface area contributed by atoms with E-state index in [0.717, 1.165) is 12.1 Å². The highest BCUT2D eigenvalue weighted by Crippen LogP contribution is 2.38. The molecule has 3 rings (SSSR count). The minimum Gasteiger partial charge on any atom is -0.406 e. The van der Waals surface area contributed by atoms with Gasteiger partial charge in [-0.25, -0.2) is 23.1 Å². The van der Waals surface area contributed by atoms with E-state index in [0.29, 0.717) is 5.69 Å². The number of amides is 1. The highest BCUT2D eigenvalue weighted by Gasteiger charge is 2.46. The van der Waals surface area contributed by atoms with Gasteiger partial charge in [0, 0.05) is 42.0 Å². The van der Waals surface area contributed by atoms with Crippen LogP contribution in [-0.2, 0) is 10.3 Å². The van der Waals surface area contributed by atoms with Gasteiger partial charge in [-0.05, 0) is 51.0 Å². The first-order chi connectivity index (χ1) is 16.7. The standard InChI is InChI=1S/C23H25ClF6N4O2/c1-14-18(11-31-13-32-14)21(2,20(35)33-15-7-9-22(26,27)10-8-15)34(12-19(24)25)16-3-5-17(6-4-16)36-23(28,29)30/h3-6,11,13,15,19H,7-10,12H2,1-2H3,(H,33,35)/t19-,21?/m0/s1. The monoisotopic (exact) mass is 538 g/mol. The molecule has 1 saturated carbocycles. The molecule has 6 nitrogen and oxygen atoms in total. The van der Waals surface area contributed by atoms with E-state index in [1.807, 2.05) is 0 Å². The van der Waals surface area contributed by atoms with Crippen LogP contribution < -0.4 is 15.0 Å². The molecule has 2 aromatic rings. The van der Waals surface area contributed by atoms with E-state index >= 15 is 0 Å². The van der Waals surface area contributed by atoms with Crippen molar-refractivity contribution >= 4 is 23.2 Å². The third-order valence-electron chi connectivity index (χ3n) is 6.17. The van der Waals surface area contributed by atoms with Crippen LogP contribution in [0.5, 0.6) is 5.75 Å². The number of rotatable bonds is 8. The Morgan fingerprint density at radius 1 is 1.25 bits per heavy atom. The molecule has 36 heavy (non-hydrogen) atoms. The number of ether oxygens (including phenoxy) is 1. The summed E-state index contributed by atoms with van der Waals surface area (Å²) in [6.07, 6.45) is -2.97. The third kappa shape index (κ3) is 6.71. The summed E-state index contributed by atoms with van der Waals surface area (Å²) in [6.45, 7) is 2.53. The lowest BCUT2D eigenvalue weighted by Gasteiger charge is -2.43. The molecule has 2 atom stereocenters. The summed E-state index contributed by atoms with van der Waals surface area (Å²) >= 11 is 5.67. The number of nitrogens with zero attached hydrogens (tertiary/aromatic N) is 3. The van der Waals surface area contributed by atoms with Gasteiger partial charge in [-0.2, -0.15) is 0 Å². The summed E-state index contributed by atoms with van der Waals surface area (Å²) in [4.78, 5) is 23.1. The van der Waals surface area contributed by atoms with Gasteiger partial charge in [0.05, 0.1) is 6.54 Å². The minimum atomic E-state index is -4.91. The smallest absolute Gasteiger partial charge is 0.406 e. The van der Waals surface area contributed by atoms with Gasteiger partial charge in [0.25, 0.3) is 5.91 Å². The van der Waals surface area contributed by atoms with Gasteiger partial charge in [0.1, 0.15) is 17.6 Å². The van der Waals surface area contributed by atoms with E-state index in [9.17, 15) is 31.1 Å². The fourth-order valence-electron chi connectivity index (χ4n) is 4.28. The van der Waals surface area contributed by atoms with Crippen LogP contribution in [0.4, 0.5) is 32.0 Å². The van der Waals surface area contributed by atoms with E-state index in [-0.39, 0.29) is 36.9 Å². The number of anilines is 1. The molecule has 1 amide bonds. The molecule has 1 unspecified atom stereocenters. The Balaban J connectivity index is 2.02. The Labute approximate surface area is 209 Å². The lowest BCUT2D eigenvalue weighted by atomic mass is 9.86. The second kappa shape index (κ2) is 10.7. The number of carbonyl (C=O) groups is 1. The van der Waals surface area contributed by atoms with Crippen LogP contribution >= 0.6 is 11.6 Å². The molecule has 0 aliphatic heterocycles. The first-order valence-corrected chi connectivity index (χ1v) is 11.5. The van der Waals surface area contributed by atoms with Crippen LogP contribution in [0.2, 0.25) is 0 Å². The average Bonchev–Trinajstić information content (AvgIpc) is 2.78. The van der Waals surface area contributed by atoms with Crippen molar-refractivity contribution in [3.05, 3.63) is 48.0 Å². The maximum Gasteiger partial charge on any atom is 0.573 e. The molecule has 198 valence electrons. The van der Waals surface area contributed by atoms with Gasteiger partial charge in [-0.15, -0.1) is 13.2 Å². The number of hydrogen-bond donors (Lipinski definition) is 1. The first kappa shape index (κ1) is 27.8. The Morgan fingerprint density at radius 2 is 1.86 bits per heavy atom. The normalized spacial score (nSPS) is 18.7. The summed E-state index contributed by atoms with van der Waals surface area (Å²) in [6, 6.07) is 3.95. The molecule has 1 aromatic heterocycles. The molecule has 13 heteroatoms. The Morgan fingerprint density at radius 3 is 2.39 bits per heavy atom. The Bertz CT molecular complexity index is 1040. The van der Waals surface area contributed by atoms with Gasteiger partial charge < -0.3 is 15.0 Å². The number of carbonyl (C=O) groups excluding carboxylic acids is 1. The van der Waals surface area contributed by atoms with E-state index in [2.05, 4.69) is 20.0 Å². The van der Waals surface area contributed by atoms with Gasteiger partial charge in [-0.3, -0.25) is 4.79 Å². The first-order valence-electron chi connectivity index (χ1n) is 11.1. The lowest BCUT2D eigenvalue weighted by Crippen LogP contribution is -2.58. The van der Waals surface area contributed by atoms with Crippen molar-refractivity contribution in [3.63, 3.8) is 0 Å². The zero-order chi connectivity index (χ0) is 26.7. The number of aryl methyl sites for hydroxylation is 1. The number of alkyl halides is 7. The van der Waals surface area contributed by atoms with Crippen LogP contribution in [0.3, 0.4) is 0 Å². The predicted molar refractivity (Wildman–Crippen MR) is 121 cm³/mol. The second-order valence-corrected chi connectivity index (χ2v) is 9.21. The second-order valence-electron chi connectivity index (χ2n) is 8.74. The summed E-state index contributed by atoms with van der Waals surface area (Å²) in [7, 11) is 0. The quantitative estimate of drug-likeness (QED) is 0.348. The molecule has 0 saturated heterocycles. The predicted octanol–water partition coefficient (Wildman–Crippen LogP) is 5.63. The molecule has 0 bridgehead atoms. The number of nitrogens with one attached hydrogen (secondary N) is 1. The highest BCUT2D eigenvalue weighted by molar-refractivity contribution is 6.20. The van der Waals surface area contributed by atoms with E-state index in [4.69, 9.17) is 11.6 Å². The Hall–Kier alpha value is -2.76. The van der Waals surface area contributed by atoms with Gasteiger partial charge in [-0.1, -0.05) is 11.6 Å². The van der Waals surface area contributed by atoms with Gasteiger partial charge in [0.15, 0.2) is 5.63 Å². The molecule has 1 aliphatic rings. The molecule has 0 spiro atoms. The largest absolute Gasteiger partial charge is 0.573 e. The van der Waals surface area contributed by atoms with Crippen LogP contribution in [-0.4, -0.2) is 46.4 Å².